The zero-order valence-electron chi connectivity index (χ0n) is 17.6. The summed E-state index contributed by atoms with van der Waals surface area (Å²) in [6.45, 7) is 5.53. The highest BCUT2D eigenvalue weighted by Gasteiger charge is 2.29. The number of carbonyl (C=O) groups excluding carboxylic acids is 2. The highest BCUT2D eigenvalue weighted by molar-refractivity contribution is 7.15. The van der Waals surface area contributed by atoms with Gasteiger partial charge in [0.25, 0.3) is 17.5 Å². The maximum absolute atomic E-state index is 13.5. The molecular weight excluding hydrogens is 428 g/mol. The molecule has 1 aliphatic rings. The van der Waals surface area contributed by atoms with Gasteiger partial charge in [0.05, 0.1) is 33.4 Å². The molecule has 32 heavy (non-hydrogen) atoms. The summed E-state index contributed by atoms with van der Waals surface area (Å²) in [5, 5.41) is 4.65. The molecular formula is C22H20N6O3S. The minimum atomic E-state index is -0.179. The van der Waals surface area contributed by atoms with E-state index >= 15 is 0 Å². The van der Waals surface area contributed by atoms with Gasteiger partial charge in [0.1, 0.15) is 5.69 Å². The van der Waals surface area contributed by atoms with Crippen molar-refractivity contribution in [2.24, 2.45) is 0 Å². The third kappa shape index (κ3) is 3.62. The number of thiophene rings is 1. The Labute approximate surface area is 187 Å². The normalized spacial score (nSPS) is 14.2. The van der Waals surface area contributed by atoms with E-state index in [2.05, 4.69) is 20.1 Å². The molecule has 2 amide bonds. The molecule has 5 rings (SSSR count). The van der Waals surface area contributed by atoms with Crippen molar-refractivity contribution in [3.05, 3.63) is 58.6 Å². The van der Waals surface area contributed by atoms with Gasteiger partial charge in [-0.25, -0.2) is 9.97 Å². The molecule has 0 bridgehead atoms. The van der Waals surface area contributed by atoms with Gasteiger partial charge >= 0.3 is 0 Å². The predicted octanol–water partition coefficient (Wildman–Crippen LogP) is 2.96. The number of rotatable bonds is 3. The van der Waals surface area contributed by atoms with Gasteiger partial charge in [0, 0.05) is 43.4 Å². The van der Waals surface area contributed by atoms with Crippen LogP contribution in [0.5, 0.6) is 0 Å². The van der Waals surface area contributed by atoms with Crippen molar-refractivity contribution in [2.75, 3.05) is 26.2 Å². The number of pyridine rings is 1. The lowest BCUT2D eigenvalue weighted by molar-refractivity contribution is 0.0533. The van der Waals surface area contributed by atoms with Gasteiger partial charge in [-0.05, 0) is 32.0 Å². The molecule has 0 radical (unpaired) electrons. The molecule has 0 unspecified atom stereocenters. The Morgan fingerprint density at radius 1 is 1.03 bits per heavy atom. The minimum Gasteiger partial charge on any atom is -0.335 e. The fourth-order valence-electron chi connectivity index (χ4n) is 3.82. The fraction of sp³-hybridized carbons (Fsp3) is 0.273. The summed E-state index contributed by atoms with van der Waals surface area (Å²) in [4.78, 5) is 44.3. The van der Waals surface area contributed by atoms with Gasteiger partial charge in [-0.1, -0.05) is 5.16 Å². The Hall–Kier alpha value is -3.66. The van der Waals surface area contributed by atoms with E-state index in [0.29, 0.717) is 59.9 Å². The highest BCUT2D eigenvalue weighted by atomic mass is 32.1. The number of hydrogen-bond donors (Lipinski definition) is 0. The van der Waals surface area contributed by atoms with Crippen molar-refractivity contribution >= 4 is 34.3 Å². The lowest BCUT2D eigenvalue weighted by Gasteiger charge is -2.34. The summed E-state index contributed by atoms with van der Waals surface area (Å²) in [5.41, 5.74) is 2.49. The number of nitrogens with zero attached hydrogens (tertiary/aromatic N) is 6. The average molecular weight is 449 g/mol. The maximum Gasteiger partial charge on any atom is 0.274 e. The molecule has 4 aromatic heterocycles. The van der Waals surface area contributed by atoms with Crippen molar-refractivity contribution in [1.29, 1.82) is 0 Å². The second-order valence-electron chi connectivity index (χ2n) is 7.59. The summed E-state index contributed by atoms with van der Waals surface area (Å²) >= 11 is 1.61. The van der Waals surface area contributed by atoms with Gasteiger partial charge in [0.2, 0.25) is 0 Å². The first-order valence-electron chi connectivity index (χ1n) is 10.2. The van der Waals surface area contributed by atoms with Gasteiger partial charge in [-0.2, -0.15) is 0 Å². The Morgan fingerprint density at radius 3 is 2.44 bits per heavy atom. The molecule has 4 aromatic rings. The van der Waals surface area contributed by atoms with Crippen LogP contribution in [0.1, 0.15) is 31.4 Å². The molecule has 0 saturated carbocycles. The van der Waals surface area contributed by atoms with Gasteiger partial charge in [0.15, 0.2) is 0 Å². The van der Waals surface area contributed by atoms with Crippen LogP contribution < -0.4 is 0 Å². The molecule has 0 atom stereocenters. The molecule has 162 valence electrons. The van der Waals surface area contributed by atoms with Crippen LogP contribution in [0.25, 0.3) is 21.7 Å². The second-order valence-corrected chi connectivity index (χ2v) is 8.88. The lowest BCUT2D eigenvalue weighted by atomic mass is 10.1. The van der Waals surface area contributed by atoms with E-state index < -0.39 is 0 Å². The second kappa shape index (κ2) is 8.12. The molecule has 1 aliphatic heterocycles. The van der Waals surface area contributed by atoms with Crippen LogP contribution in [0.15, 0.2) is 41.3 Å². The van der Waals surface area contributed by atoms with E-state index in [9.17, 15) is 9.59 Å². The van der Waals surface area contributed by atoms with E-state index in [1.807, 2.05) is 25.1 Å². The summed E-state index contributed by atoms with van der Waals surface area (Å²) in [6.07, 6.45) is 4.48. The quantitative estimate of drug-likeness (QED) is 0.474. The summed E-state index contributed by atoms with van der Waals surface area (Å²) < 4.78 is 5.40. The number of hydrogen-bond acceptors (Lipinski definition) is 8. The van der Waals surface area contributed by atoms with Crippen molar-refractivity contribution in [1.82, 2.24) is 29.9 Å². The van der Waals surface area contributed by atoms with Gasteiger partial charge in [-0.15, -0.1) is 11.3 Å². The Kier molecular flexibility index (Phi) is 5.14. The molecule has 1 fully saturated rings. The zero-order chi connectivity index (χ0) is 22.2. The SMILES string of the molecule is Cc1ccc(-c2cc(C(=O)N3CCN(C(=O)c4cnccn4)CC3)c3c(C)noc3n2)s1. The van der Waals surface area contributed by atoms with E-state index in [0.717, 1.165) is 9.75 Å². The van der Waals surface area contributed by atoms with Crippen LogP contribution >= 0.6 is 11.3 Å². The monoisotopic (exact) mass is 448 g/mol. The number of carbonyl (C=O) groups is 2. The molecule has 10 heteroatoms. The van der Waals surface area contributed by atoms with Crippen LogP contribution in [-0.4, -0.2) is 67.9 Å². The highest BCUT2D eigenvalue weighted by Crippen LogP contribution is 2.31. The third-order valence-corrected chi connectivity index (χ3v) is 6.50. The Balaban J connectivity index is 1.40. The zero-order valence-corrected chi connectivity index (χ0v) is 18.4. The van der Waals surface area contributed by atoms with E-state index in [1.54, 1.807) is 28.1 Å². The van der Waals surface area contributed by atoms with Crippen LogP contribution in [-0.2, 0) is 0 Å². The molecule has 0 aromatic carbocycles. The number of amides is 2. The third-order valence-electron chi connectivity index (χ3n) is 5.48. The largest absolute Gasteiger partial charge is 0.335 e. The molecule has 0 spiro atoms. The van der Waals surface area contributed by atoms with Crippen molar-refractivity contribution in [2.45, 2.75) is 13.8 Å². The lowest BCUT2D eigenvalue weighted by Crippen LogP contribution is -2.50. The van der Waals surface area contributed by atoms with E-state index in [-0.39, 0.29) is 11.8 Å². The smallest absolute Gasteiger partial charge is 0.274 e. The van der Waals surface area contributed by atoms with Crippen LogP contribution in [0, 0.1) is 13.8 Å². The van der Waals surface area contributed by atoms with E-state index in [4.69, 9.17) is 4.52 Å². The van der Waals surface area contributed by atoms with Crippen molar-refractivity contribution in [3.63, 3.8) is 0 Å². The number of aromatic nitrogens is 4. The standard InChI is InChI=1S/C22H20N6O3S/c1-13-3-4-18(32-13)16-11-15(19-14(2)26-31-20(19)25-16)21(29)27-7-9-28(10-8-27)22(30)17-12-23-5-6-24-17/h3-6,11-12H,7-10H2,1-2H3. The first-order chi connectivity index (χ1) is 15.5. The average Bonchev–Trinajstić information content (AvgIpc) is 3.44. The first kappa shape index (κ1) is 20.3. The van der Waals surface area contributed by atoms with E-state index in [1.165, 1.54) is 18.6 Å². The first-order valence-corrected chi connectivity index (χ1v) is 11.0. The predicted molar refractivity (Wildman–Crippen MR) is 118 cm³/mol. The Morgan fingerprint density at radius 2 is 1.78 bits per heavy atom. The minimum absolute atomic E-state index is 0.121. The molecule has 5 heterocycles. The van der Waals surface area contributed by atoms with Crippen LogP contribution in [0.2, 0.25) is 0 Å². The number of aryl methyl sites for hydroxylation is 2. The van der Waals surface area contributed by atoms with Crippen LogP contribution in [0.3, 0.4) is 0 Å². The van der Waals surface area contributed by atoms with Gasteiger partial charge in [-0.3, -0.25) is 14.6 Å². The summed E-state index contributed by atoms with van der Waals surface area (Å²) in [5.74, 6) is -0.299. The summed E-state index contributed by atoms with van der Waals surface area (Å²) in [7, 11) is 0. The van der Waals surface area contributed by atoms with Crippen molar-refractivity contribution < 1.29 is 14.1 Å². The topological polar surface area (TPSA) is 105 Å². The maximum atomic E-state index is 13.5. The fourth-order valence-corrected chi connectivity index (χ4v) is 4.64. The Bertz CT molecular complexity index is 1310. The van der Waals surface area contributed by atoms with Crippen LogP contribution in [0.4, 0.5) is 0 Å². The summed E-state index contributed by atoms with van der Waals surface area (Å²) in [6, 6.07) is 5.83. The van der Waals surface area contributed by atoms with Crippen molar-refractivity contribution in [3.8, 4) is 10.6 Å². The number of piperazine rings is 1. The van der Waals surface area contributed by atoms with Gasteiger partial charge < -0.3 is 14.3 Å². The molecule has 1 saturated heterocycles. The molecule has 0 aliphatic carbocycles. The molecule has 0 N–H and O–H groups in total. The number of fused-ring (bicyclic) bond motifs is 1. The molecule has 9 nitrogen and oxygen atoms in total.